The number of hydrogen-bond acceptors (Lipinski definition) is 3. The van der Waals surface area contributed by atoms with Gasteiger partial charge in [0.25, 0.3) is 0 Å². The van der Waals surface area contributed by atoms with Crippen LogP contribution in [-0.2, 0) is 11.2 Å². The van der Waals surface area contributed by atoms with E-state index in [-0.39, 0.29) is 5.91 Å². The lowest BCUT2D eigenvalue weighted by Crippen LogP contribution is -2.13. The zero-order valence-electron chi connectivity index (χ0n) is 10.3. The van der Waals surface area contributed by atoms with E-state index in [0.29, 0.717) is 18.7 Å². The van der Waals surface area contributed by atoms with E-state index in [1.807, 2.05) is 31.2 Å². The molecule has 4 nitrogen and oxygen atoms in total. The first-order chi connectivity index (χ1) is 8.74. The summed E-state index contributed by atoms with van der Waals surface area (Å²) >= 11 is 0. The highest BCUT2D eigenvalue weighted by atomic mass is 16.1. The van der Waals surface area contributed by atoms with Crippen LogP contribution in [0, 0.1) is 6.92 Å². The highest BCUT2D eigenvalue weighted by Crippen LogP contribution is 2.07. The van der Waals surface area contributed by atoms with Crippen molar-refractivity contribution >= 4 is 11.7 Å². The Morgan fingerprint density at radius 1 is 1.33 bits per heavy atom. The van der Waals surface area contributed by atoms with Gasteiger partial charge in [-0.2, -0.15) is 0 Å². The molecule has 0 spiro atoms. The summed E-state index contributed by atoms with van der Waals surface area (Å²) in [6, 6.07) is 7.58. The van der Waals surface area contributed by atoms with Crippen LogP contribution in [0.2, 0.25) is 0 Å². The molecule has 18 heavy (non-hydrogen) atoms. The number of aryl methyl sites for hydroxylation is 2. The van der Waals surface area contributed by atoms with Gasteiger partial charge in [-0.1, -0.05) is 6.07 Å². The Balaban J connectivity index is 1.86. The van der Waals surface area contributed by atoms with Gasteiger partial charge >= 0.3 is 0 Å². The zero-order chi connectivity index (χ0) is 12.8. The van der Waals surface area contributed by atoms with Crippen molar-refractivity contribution in [1.29, 1.82) is 0 Å². The van der Waals surface area contributed by atoms with Gasteiger partial charge in [0.05, 0.1) is 0 Å². The minimum atomic E-state index is -0.0306. The van der Waals surface area contributed by atoms with E-state index in [1.54, 1.807) is 18.6 Å². The lowest BCUT2D eigenvalue weighted by molar-refractivity contribution is -0.116. The van der Waals surface area contributed by atoms with Gasteiger partial charge in [0.15, 0.2) is 0 Å². The molecule has 0 fully saturated rings. The predicted octanol–water partition coefficient (Wildman–Crippen LogP) is 2.36. The van der Waals surface area contributed by atoms with Gasteiger partial charge in [0.2, 0.25) is 5.91 Å². The topological polar surface area (TPSA) is 54.9 Å². The van der Waals surface area contributed by atoms with Gasteiger partial charge < -0.3 is 5.32 Å². The smallest absolute Gasteiger partial charge is 0.225 e. The number of hydrogen-bond donors (Lipinski definition) is 1. The van der Waals surface area contributed by atoms with Gasteiger partial charge in [-0.3, -0.25) is 9.78 Å². The van der Waals surface area contributed by atoms with Gasteiger partial charge in [-0.15, -0.1) is 0 Å². The van der Waals surface area contributed by atoms with Crippen LogP contribution < -0.4 is 5.32 Å². The first kappa shape index (κ1) is 12.2. The average molecular weight is 241 g/mol. The molecule has 2 aromatic heterocycles. The number of pyridine rings is 2. The van der Waals surface area contributed by atoms with Gasteiger partial charge in [-0.05, 0) is 42.7 Å². The van der Waals surface area contributed by atoms with E-state index in [4.69, 9.17) is 0 Å². The van der Waals surface area contributed by atoms with Crippen molar-refractivity contribution in [2.24, 2.45) is 0 Å². The van der Waals surface area contributed by atoms with Crippen LogP contribution in [0.4, 0.5) is 5.82 Å². The number of nitrogens with zero attached hydrogens (tertiary/aromatic N) is 2. The van der Waals surface area contributed by atoms with E-state index >= 15 is 0 Å². The molecule has 0 aromatic carbocycles. The number of nitrogens with one attached hydrogen (secondary N) is 1. The van der Waals surface area contributed by atoms with Crippen molar-refractivity contribution < 1.29 is 4.79 Å². The average Bonchev–Trinajstić information content (AvgIpc) is 2.38. The summed E-state index contributed by atoms with van der Waals surface area (Å²) in [5.41, 5.74) is 2.14. The molecule has 0 aliphatic rings. The number of anilines is 1. The highest BCUT2D eigenvalue weighted by molar-refractivity contribution is 5.89. The molecule has 4 heteroatoms. The van der Waals surface area contributed by atoms with Crippen LogP contribution in [0.3, 0.4) is 0 Å². The summed E-state index contributed by atoms with van der Waals surface area (Å²) in [6.45, 7) is 1.97. The molecule has 2 aromatic rings. The Hall–Kier alpha value is -2.23. The minimum absolute atomic E-state index is 0.0306. The molecular weight excluding hydrogens is 226 g/mol. The fraction of sp³-hybridized carbons (Fsp3) is 0.214. The summed E-state index contributed by atoms with van der Waals surface area (Å²) in [4.78, 5) is 19.8. The maximum Gasteiger partial charge on any atom is 0.225 e. The third-order valence-corrected chi connectivity index (χ3v) is 2.55. The van der Waals surface area contributed by atoms with Crippen LogP contribution >= 0.6 is 0 Å². The fourth-order valence-corrected chi connectivity index (χ4v) is 1.61. The molecular formula is C14H15N3O. The molecule has 0 aliphatic carbocycles. The lowest BCUT2D eigenvalue weighted by Gasteiger charge is -2.04. The molecule has 1 N–H and O–H groups in total. The number of aromatic nitrogens is 2. The monoisotopic (exact) mass is 241 g/mol. The molecule has 0 aliphatic heterocycles. The first-order valence-corrected chi connectivity index (χ1v) is 5.85. The fourth-order valence-electron chi connectivity index (χ4n) is 1.61. The second-order valence-corrected chi connectivity index (χ2v) is 4.13. The van der Waals surface area contributed by atoms with E-state index < -0.39 is 0 Å². The molecule has 0 atom stereocenters. The Morgan fingerprint density at radius 2 is 2.22 bits per heavy atom. The Kier molecular flexibility index (Phi) is 4.02. The first-order valence-electron chi connectivity index (χ1n) is 5.85. The molecule has 2 rings (SSSR count). The molecule has 0 saturated carbocycles. The summed E-state index contributed by atoms with van der Waals surface area (Å²) in [5.74, 6) is 0.572. The second kappa shape index (κ2) is 5.91. The third kappa shape index (κ3) is 3.66. The van der Waals surface area contributed by atoms with Crippen LogP contribution in [-0.4, -0.2) is 15.9 Å². The minimum Gasteiger partial charge on any atom is -0.311 e. The van der Waals surface area contributed by atoms with Crippen molar-refractivity contribution in [1.82, 2.24) is 9.97 Å². The zero-order valence-corrected chi connectivity index (χ0v) is 10.3. The largest absolute Gasteiger partial charge is 0.311 e. The normalized spacial score (nSPS) is 10.1. The van der Waals surface area contributed by atoms with Crippen LogP contribution in [0.5, 0.6) is 0 Å². The maximum atomic E-state index is 11.7. The van der Waals surface area contributed by atoms with Crippen molar-refractivity contribution in [2.45, 2.75) is 19.8 Å². The highest BCUT2D eigenvalue weighted by Gasteiger charge is 2.04. The number of carbonyl (C=O) groups excluding carboxylic acids is 1. The summed E-state index contributed by atoms with van der Waals surface area (Å²) < 4.78 is 0. The summed E-state index contributed by atoms with van der Waals surface area (Å²) in [7, 11) is 0. The van der Waals surface area contributed by atoms with E-state index in [2.05, 4.69) is 15.3 Å². The van der Waals surface area contributed by atoms with Crippen LogP contribution in [0.15, 0.2) is 42.9 Å². The third-order valence-electron chi connectivity index (χ3n) is 2.55. The van der Waals surface area contributed by atoms with Crippen molar-refractivity contribution in [2.75, 3.05) is 5.32 Å². The number of rotatable bonds is 4. The molecule has 2 heterocycles. The van der Waals surface area contributed by atoms with Gasteiger partial charge in [0, 0.05) is 25.0 Å². The van der Waals surface area contributed by atoms with E-state index in [9.17, 15) is 4.79 Å². The van der Waals surface area contributed by atoms with E-state index in [0.717, 1.165) is 11.1 Å². The Bertz CT molecular complexity index is 526. The van der Waals surface area contributed by atoms with Gasteiger partial charge in [-0.25, -0.2) is 4.98 Å². The molecule has 0 saturated heterocycles. The predicted molar refractivity (Wildman–Crippen MR) is 70.2 cm³/mol. The second-order valence-electron chi connectivity index (χ2n) is 4.13. The molecule has 0 unspecified atom stereocenters. The number of carbonyl (C=O) groups is 1. The lowest BCUT2D eigenvalue weighted by atomic mass is 10.1. The standard InChI is InChI=1S/C14H15N3O/c1-11-6-8-16-13(9-11)17-14(18)5-4-12-3-2-7-15-10-12/h2-3,6-10H,4-5H2,1H3,(H,16,17,18). The Morgan fingerprint density at radius 3 is 2.94 bits per heavy atom. The molecule has 0 bridgehead atoms. The van der Waals surface area contributed by atoms with E-state index in [1.165, 1.54) is 0 Å². The SMILES string of the molecule is Cc1ccnc(NC(=O)CCc2cccnc2)c1. The Labute approximate surface area is 106 Å². The van der Waals surface area contributed by atoms with Gasteiger partial charge in [0.1, 0.15) is 5.82 Å². The molecule has 0 radical (unpaired) electrons. The van der Waals surface area contributed by atoms with Crippen molar-refractivity contribution in [3.63, 3.8) is 0 Å². The number of amides is 1. The molecule has 92 valence electrons. The van der Waals surface area contributed by atoms with Crippen LogP contribution in [0.25, 0.3) is 0 Å². The summed E-state index contributed by atoms with van der Waals surface area (Å²) in [5, 5.41) is 2.78. The maximum absolute atomic E-state index is 11.7. The van der Waals surface area contributed by atoms with Crippen molar-refractivity contribution in [3.8, 4) is 0 Å². The quantitative estimate of drug-likeness (QED) is 0.894. The molecule has 1 amide bonds. The van der Waals surface area contributed by atoms with Crippen molar-refractivity contribution in [3.05, 3.63) is 54.0 Å². The summed E-state index contributed by atoms with van der Waals surface area (Å²) in [6.07, 6.45) is 6.30. The van der Waals surface area contributed by atoms with Crippen LogP contribution in [0.1, 0.15) is 17.5 Å².